The third-order valence-corrected chi connectivity index (χ3v) is 12.2. The molecule has 9 aromatic carbocycles. The average molecular weight is 684 g/mol. The van der Waals surface area contributed by atoms with Crippen molar-refractivity contribution in [2.45, 2.75) is 5.41 Å². The minimum atomic E-state index is -0.345. The molecule has 10 aromatic rings. The van der Waals surface area contributed by atoms with Gasteiger partial charge in [0, 0.05) is 21.8 Å². The fourth-order valence-corrected chi connectivity index (χ4v) is 10.0. The van der Waals surface area contributed by atoms with Crippen molar-refractivity contribution in [3.05, 3.63) is 222 Å². The van der Waals surface area contributed by atoms with Crippen molar-refractivity contribution >= 4 is 32.6 Å². The Labute approximate surface area is 314 Å². The van der Waals surface area contributed by atoms with Gasteiger partial charge in [0.05, 0.1) is 16.4 Å². The van der Waals surface area contributed by atoms with Crippen LogP contribution in [0.5, 0.6) is 0 Å². The van der Waals surface area contributed by atoms with Gasteiger partial charge in [0.1, 0.15) is 0 Å². The summed E-state index contributed by atoms with van der Waals surface area (Å²) in [5.41, 5.74) is 19.1. The normalized spacial score (nSPS) is 13.3. The number of hydrogen-bond donors (Lipinski definition) is 0. The van der Waals surface area contributed by atoms with E-state index < -0.39 is 0 Å². The summed E-state index contributed by atoms with van der Waals surface area (Å²) in [6.45, 7) is 0. The molecule has 0 bridgehead atoms. The predicted octanol–water partition coefficient (Wildman–Crippen LogP) is 13.6. The van der Waals surface area contributed by atoms with Crippen LogP contribution in [0, 0.1) is 0 Å². The first-order valence-electron chi connectivity index (χ1n) is 18.9. The Morgan fingerprint density at radius 1 is 0.296 bits per heavy atom. The van der Waals surface area contributed by atoms with Crippen LogP contribution < -0.4 is 0 Å². The first-order valence-corrected chi connectivity index (χ1v) is 18.9. The Bertz CT molecular complexity index is 3080. The maximum absolute atomic E-state index is 2.48. The van der Waals surface area contributed by atoms with Crippen molar-refractivity contribution in [3.8, 4) is 50.2 Å². The second-order valence-corrected chi connectivity index (χ2v) is 14.8. The van der Waals surface area contributed by atoms with E-state index in [4.69, 9.17) is 0 Å². The quantitative estimate of drug-likeness (QED) is 0.175. The van der Waals surface area contributed by atoms with Crippen LogP contribution in [0.4, 0.5) is 0 Å². The highest BCUT2D eigenvalue weighted by molar-refractivity contribution is 6.22. The van der Waals surface area contributed by atoms with Crippen molar-refractivity contribution in [3.63, 3.8) is 0 Å². The van der Waals surface area contributed by atoms with Gasteiger partial charge in [-0.05, 0) is 102 Å². The summed E-state index contributed by atoms with van der Waals surface area (Å²) in [7, 11) is 0. The number of rotatable bonds is 3. The zero-order valence-corrected chi connectivity index (χ0v) is 29.5. The van der Waals surface area contributed by atoms with E-state index in [1.165, 1.54) is 105 Å². The molecule has 1 spiro atoms. The standard InChI is InChI=1S/C53H33N/c1-2-14-37(15-3-1)54-51-25-13-9-20-43(51)46-33-45(38-16-4-5-21-44(38)52(46)54)35-28-26-34(27-29-35)36-30-31-42-41-19-8-12-24-49(41)53(50(42)32-36)47-22-10-6-17-39(47)40-18-7-11-23-48(40)53/h1-33H. The number of hydrogen-bond acceptors (Lipinski definition) is 0. The predicted molar refractivity (Wildman–Crippen MR) is 225 cm³/mol. The van der Waals surface area contributed by atoms with E-state index in [0.29, 0.717) is 0 Å². The molecule has 0 fully saturated rings. The highest BCUT2D eigenvalue weighted by atomic mass is 15.0. The number of aromatic nitrogens is 1. The SMILES string of the molecule is c1ccc(-n2c3ccccc3c3cc(-c4ccc(-c5ccc6c(c5)C5(c7ccccc7-c7ccccc75)c5ccccc5-6)cc4)c4ccccc4c32)cc1. The number of nitrogens with zero attached hydrogens (tertiary/aromatic N) is 1. The Balaban J connectivity index is 1.03. The minimum Gasteiger partial charge on any atom is -0.309 e. The van der Waals surface area contributed by atoms with Crippen molar-refractivity contribution in [1.82, 2.24) is 4.57 Å². The molecule has 12 rings (SSSR count). The third kappa shape index (κ3) is 3.83. The molecule has 0 saturated heterocycles. The average Bonchev–Trinajstić information content (AvgIpc) is 3.86. The van der Waals surface area contributed by atoms with Gasteiger partial charge in [-0.15, -0.1) is 0 Å². The van der Waals surface area contributed by atoms with Gasteiger partial charge >= 0.3 is 0 Å². The first kappa shape index (κ1) is 29.6. The van der Waals surface area contributed by atoms with Crippen LogP contribution in [0.1, 0.15) is 22.3 Å². The van der Waals surface area contributed by atoms with Crippen LogP contribution in [-0.2, 0) is 5.41 Å². The maximum Gasteiger partial charge on any atom is 0.0725 e. The lowest BCUT2D eigenvalue weighted by molar-refractivity contribution is 0.794. The third-order valence-electron chi connectivity index (χ3n) is 12.2. The van der Waals surface area contributed by atoms with Gasteiger partial charge in [-0.25, -0.2) is 0 Å². The summed E-state index contributed by atoms with van der Waals surface area (Å²) in [4.78, 5) is 0. The van der Waals surface area contributed by atoms with Gasteiger partial charge in [0.15, 0.2) is 0 Å². The van der Waals surface area contributed by atoms with Crippen molar-refractivity contribution < 1.29 is 0 Å². The number of benzene rings is 9. The minimum absolute atomic E-state index is 0.345. The highest BCUT2D eigenvalue weighted by Gasteiger charge is 2.51. The largest absolute Gasteiger partial charge is 0.309 e. The summed E-state index contributed by atoms with van der Waals surface area (Å²) in [6, 6.07) is 74.4. The molecule has 1 aromatic heterocycles. The summed E-state index contributed by atoms with van der Waals surface area (Å²) < 4.78 is 2.43. The number of para-hydroxylation sites is 2. The topological polar surface area (TPSA) is 4.93 Å². The summed E-state index contributed by atoms with van der Waals surface area (Å²) in [5, 5.41) is 5.05. The Kier molecular flexibility index (Phi) is 6.04. The van der Waals surface area contributed by atoms with E-state index in [2.05, 4.69) is 205 Å². The van der Waals surface area contributed by atoms with Crippen molar-refractivity contribution in [1.29, 1.82) is 0 Å². The first-order chi connectivity index (χ1) is 26.8. The van der Waals surface area contributed by atoms with E-state index >= 15 is 0 Å². The van der Waals surface area contributed by atoms with Gasteiger partial charge in [-0.2, -0.15) is 0 Å². The maximum atomic E-state index is 2.48. The molecule has 0 aliphatic heterocycles. The van der Waals surface area contributed by atoms with Crippen LogP contribution in [-0.4, -0.2) is 4.57 Å². The van der Waals surface area contributed by atoms with Crippen molar-refractivity contribution in [2.75, 3.05) is 0 Å². The van der Waals surface area contributed by atoms with Crippen LogP contribution in [0.15, 0.2) is 200 Å². The monoisotopic (exact) mass is 683 g/mol. The summed E-state index contributed by atoms with van der Waals surface area (Å²) in [5.74, 6) is 0. The van der Waals surface area contributed by atoms with Gasteiger partial charge in [0.25, 0.3) is 0 Å². The Hall–Kier alpha value is -6.96. The van der Waals surface area contributed by atoms with E-state index in [0.717, 1.165) is 0 Å². The van der Waals surface area contributed by atoms with Gasteiger partial charge < -0.3 is 4.57 Å². The Morgan fingerprint density at radius 3 is 1.46 bits per heavy atom. The second-order valence-electron chi connectivity index (χ2n) is 14.8. The van der Waals surface area contributed by atoms with Crippen molar-refractivity contribution in [2.24, 2.45) is 0 Å². The smallest absolute Gasteiger partial charge is 0.0725 e. The van der Waals surface area contributed by atoms with Crippen LogP contribution >= 0.6 is 0 Å². The molecule has 0 saturated carbocycles. The van der Waals surface area contributed by atoms with E-state index in [9.17, 15) is 0 Å². The molecule has 2 aliphatic carbocycles. The number of fused-ring (bicyclic) bond motifs is 15. The molecule has 0 amide bonds. The molecule has 1 heteroatoms. The molecular weight excluding hydrogens is 651 g/mol. The lowest BCUT2D eigenvalue weighted by atomic mass is 9.70. The van der Waals surface area contributed by atoms with E-state index in [1.54, 1.807) is 0 Å². The summed E-state index contributed by atoms with van der Waals surface area (Å²) in [6.07, 6.45) is 0. The fraction of sp³-hybridized carbons (Fsp3) is 0.0189. The van der Waals surface area contributed by atoms with Gasteiger partial charge in [0.2, 0.25) is 0 Å². The van der Waals surface area contributed by atoms with Crippen LogP contribution in [0.2, 0.25) is 0 Å². The summed E-state index contributed by atoms with van der Waals surface area (Å²) >= 11 is 0. The molecule has 0 unspecified atom stereocenters. The molecule has 0 atom stereocenters. The molecule has 1 nitrogen and oxygen atoms in total. The van der Waals surface area contributed by atoms with E-state index in [-0.39, 0.29) is 5.41 Å². The zero-order valence-electron chi connectivity index (χ0n) is 29.5. The molecule has 250 valence electrons. The lowest BCUT2D eigenvalue weighted by Crippen LogP contribution is -2.25. The van der Waals surface area contributed by atoms with E-state index in [1.807, 2.05) is 0 Å². The molecule has 1 heterocycles. The molecule has 0 N–H and O–H groups in total. The Morgan fingerprint density at radius 2 is 0.796 bits per heavy atom. The molecule has 0 radical (unpaired) electrons. The zero-order chi connectivity index (χ0) is 35.4. The van der Waals surface area contributed by atoms with Gasteiger partial charge in [-0.1, -0.05) is 170 Å². The lowest BCUT2D eigenvalue weighted by Gasteiger charge is -2.30. The van der Waals surface area contributed by atoms with Crippen LogP contribution in [0.3, 0.4) is 0 Å². The molecule has 2 aliphatic rings. The van der Waals surface area contributed by atoms with Gasteiger partial charge in [-0.3, -0.25) is 0 Å². The molecular formula is C53H33N. The molecule has 54 heavy (non-hydrogen) atoms. The fourth-order valence-electron chi connectivity index (χ4n) is 10.0. The highest BCUT2D eigenvalue weighted by Crippen LogP contribution is 2.63. The van der Waals surface area contributed by atoms with Crippen LogP contribution in [0.25, 0.3) is 82.8 Å². The second kappa shape index (κ2) is 11.0.